The van der Waals surface area contributed by atoms with Crippen LogP contribution in [0.2, 0.25) is 0 Å². The van der Waals surface area contributed by atoms with Crippen LogP contribution in [0.15, 0.2) is 0 Å². The number of rotatable bonds is 0. The number of hydrogen-bond acceptors (Lipinski definition) is 4. The standard InChI is InChI=1S/ClH.H3O4P.Pb/c;1-5(2,3)4;/h1H;(H3,1,2,3,4);/q;;+4/p-4. The summed E-state index contributed by atoms with van der Waals surface area (Å²) in [6.45, 7) is 0. The fourth-order valence-electron chi connectivity index (χ4n) is 0. The van der Waals surface area contributed by atoms with Crippen LogP contribution >= 0.6 is 7.82 Å². The maximum atomic E-state index is 8.55. The van der Waals surface area contributed by atoms with Crippen molar-refractivity contribution in [2.45, 2.75) is 0 Å². The Morgan fingerprint density at radius 1 is 1.14 bits per heavy atom. The van der Waals surface area contributed by atoms with Crippen LogP contribution in [0.4, 0.5) is 0 Å². The van der Waals surface area contributed by atoms with Gasteiger partial charge >= 0.3 is 27.3 Å². The molecule has 7 heteroatoms. The maximum absolute atomic E-state index is 8.55. The van der Waals surface area contributed by atoms with Crippen molar-refractivity contribution < 1.29 is 31.7 Å². The first-order valence-electron chi connectivity index (χ1n) is 0.730. The zero-order valence-electron chi connectivity index (χ0n) is 2.96. The van der Waals surface area contributed by atoms with Gasteiger partial charge in [-0.1, -0.05) is 0 Å². The molecule has 0 aliphatic carbocycles. The second kappa shape index (κ2) is 5.46. The molecule has 40 valence electrons. The van der Waals surface area contributed by atoms with Gasteiger partial charge in [-0.15, -0.1) is 0 Å². The van der Waals surface area contributed by atoms with Crippen molar-refractivity contribution in [1.82, 2.24) is 0 Å². The van der Waals surface area contributed by atoms with Crippen LogP contribution in [0.1, 0.15) is 0 Å². The topological polar surface area (TPSA) is 86.2 Å². The minimum atomic E-state index is -5.39. The average molecular weight is 338 g/mol. The van der Waals surface area contributed by atoms with E-state index in [1.807, 2.05) is 0 Å². The first-order valence-corrected chi connectivity index (χ1v) is 2.19. The Balaban J connectivity index is -0.0000000800. The van der Waals surface area contributed by atoms with Crippen molar-refractivity contribution in [3.63, 3.8) is 0 Å². The van der Waals surface area contributed by atoms with Gasteiger partial charge in [0.2, 0.25) is 0 Å². The summed E-state index contributed by atoms with van der Waals surface area (Å²) in [6.07, 6.45) is 0. The molecule has 0 unspecified atom stereocenters. The van der Waals surface area contributed by atoms with Gasteiger partial charge in [-0.25, -0.2) is 0 Å². The molecule has 0 radical (unpaired) electrons. The summed E-state index contributed by atoms with van der Waals surface area (Å²) < 4.78 is 8.55. The molecule has 0 amide bonds. The van der Waals surface area contributed by atoms with Crippen LogP contribution in [0.25, 0.3) is 0 Å². The summed E-state index contributed by atoms with van der Waals surface area (Å²) in [5.41, 5.74) is 0. The molecule has 0 fully saturated rings. The number of hydrogen-bond donors (Lipinski definition) is 0. The van der Waals surface area contributed by atoms with Gasteiger partial charge in [-0.2, -0.15) is 7.82 Å². The smallest absolute Gasteiger partial charge is 1.00 e. The molecule has 0 aliphatic heterocycles. The second-order valence-electron chi connectivity index (χ2n) is 0.447. The van der Waals surface area contributed by atoms with Crippen LogP contribution in [-0.2, 0) is 4.57 Å². The molecule has 0 atom stereocenters. The van der Waals surface area contributed by atoms with E-state index in [4.69, 9.17) is 19.2 Å². The van der Waals surface area contributed by atoms with Crippen LogP contribution in [0.3, 0.4) is 0 Å². The molecule has 7 heavy (non-hydrogen) atoms. The first-order chi connectivity index (χ1) is 2.00. The van der Waals surface area contributed by atoms with E-state index in [2.05, 4.69) is 0 Å². The predicted octanol–water partition coefficient (Wildman–Crippen LogP) is -6.20. The Hall–Kier alpha value is 1.32. The number of phosphoric acid groups is 1. The molecule has 0 saturated carbocycles. The quantitative estimate of drug-likeness (QED) is 0.325. The Morgan fingerprint density at radius 2 is 1.14 bits per heavy atom. The van der Waals surface area contributed by atoms with Gasteiger partial charge in [-0.3, -0.25) is 0 Å². The van der Waals surface area contributed by atoms with Crippen molar-refractivity contribution in [1.29, 1.82) is 0 Å². The SMILES string of the molecule is O=P([O-])([O-])[O-].[Cl-].[Pb+4]. The summed E-state index contributed by atoms with van der Waals surface area (Å²) in [4.78, 5) is 25.6. The molecule has 0 heterocycles. The van der Waals surface area contributed by atoms with Crippen LogP contribution in [-0.4, -0.2) is 27.3 Å². The zero-order valence-corrected chi connectivity index (χ0v) is 8.50. The first kappa shape index (κ1) is 15.8. The van der Waals surface area contributed by atoms with Crippen LogP contribution in [0, 0.1) is 0 Å². The Morgan fingerprint density at radius 3 is 1.14 bits per heavy atom. The van der Waals surface area contributed by atoms with Gasteiger partial charge in [-0.05, 0) is 0 Å². The van der Waals surface area contributed by atoms with E-state index in [9.17, 15) is 0 Å². The van der Waals surface area contributed by atoms with Crippen LogP contribution < -0.4 is 27.1 Å². The monoisotopic (exact) mass is 338 g/mol. The van der Waals surface area contributed by atoms with E-state index < -0.39 is 7.82 Å². The number of halogens is 1. The molecule has 0 saturated heterocycles. The van der Waals surface area contributed by atoms with E-state index in [-0.39, 0.29) is 39.7 Å². The average Bonchev–Trinajstić information content (AvgIpc) is 0.722. The third kappa shape index (κ3) is 119. The molecule has 0 aromatic heterocycles. The Kier molecular flexibility index (Phi) is 12.3. The van der Waals surface area contributed by atoms with E-state index in [1.54, 1.807) is 0 Å². The Bertz CT molecular complexity index is 57.8. The van der Waals surface area contributed by atoms with Gasteiger partial charge < -0.3 is 31.7 Å². The molecule has 0 bridgehead atoms. The fraction of sp³-hybridized carbons (Fsp3) is 0. The van der Waals surface area contributed by atoms with E-state index >= 15 is 0 Å². The van der Waals surface area contributed by atoms with Gasteiger partial charge in [0.1, 0.15) is 0 Å². The molecule has 0 aromatic carbocycles. The summed E-state index contributed by atoms with van der Waals surface area (Å²) in [5.74, 6) is 0. The Labute approximate surface area is 66.7 Å². The zero-order chi connectivity index (χ0) is 4.50. The fourth-order valence-corrected chi connectivity index (χ4v) is 0. The minimum Gasteiger partial charge on any atom is -1.00 e. The van der Waals surface area contributed by atoms with Crippen molar-refractivity contribution in [2.24, 2.45) is 0 Å². The summed E-state index contributed by atoms with van der Waals surface area (Å²) >= 11 is 0. The second-order valence-corrected chi connectivity index (χ2v) is 1.34. The predicted molar refractivity (Wildman–Crippen MR) is 13.4 cm³/mol. The maximum Gasteiger partial charge on any atom is 4.00 e. The molecule has 0 rings (SSSR count). The van der Waals surface area contributed by atoms with Crippen molar-refractivity contribution in [3.8, 4) is 0 Å². The van der Waals surface area contributed by atoms with E-state index in [1.165, 1.54) is 0 Å². The molecule has 0 aliphatic rings. The summed E-state index contributed by atoms with van der Waals surface area (Å²) in [5, 5.41) is 0. The van der Waals surface area contributed by atoms with Crippen LogP contribution in [0.5, 0.6) is 0 Å². The largest absolute Gasteiger partial charge is 4.00 e. The van der Waals surface area contributed by atoms with E-state index in [0.717, 1.165) is 0 Å². The van der Waals surface area contributed by atoms with Crippen molar-refractivity contribution in [3.05, 3.63) is 0 Å². The van der Waals surface area contributed by atoms with Gasteiger partial charge in [0.15, 0.2) is 0 Å². The third-order valence-corrected chi connectivity index (χ3v) is 0. The third-order valence-electron chi connectivity index (χ3n) is 0. The summed E-state index contributed by atoms with van der Waals surface area (Å²) in [7, 11) is -5.39. The van der Waals surface area contributed by atoms with E-state index in [0.29, 0.717) is 0 Å². The summed E-state index contributed by atoms with van der Waals surface area (Å²) in [6, 6.07) is 0. The molecular weight excluding hydrogens is 338 g/mol. The molecule has 0 spiro atoms. The molecule has 0 N–H and O–H groups in total. The molecular formula is ClO4PPb. The van der Waals surface area contributed by atoms with Gasteiger partial charge in [0.25, 0.3) is 0 Å². The van der Waals surface area contributed by atoms with Crippen molar-refractivity contribution >= 4 is 35.1 Å². The van der Waals surface area contributed by atoms with Gasteiger partial charge in [0, 0.05) is 0 Å². The normalized spacial score (nSPS) is 8.43. The van der Waals surface area contributed by atoms with Gasteiger partial charge in [0.05, 0.1) is 0 Å². The minimum absolute atomic E-state index is 0. The molecule has 4 nitrogen and oxygen atoms in total. The molecule has 0 aromatic rings. The van der Waals surface area contributed by atoms with Crippen molar-refractivity contribution in [2.75, 3.05) is 0 Å².